The average molecular weight is 334 g/mol. The second-order valence-corrected chi connectivity index (χ2v) is 5.45. The normalized spacial score (nSPS) is 19.7. The SMILES string of the molecule is C=CCOC(=O)C1(c2c(OC)ccc(OC)c2OC)CCCC1=O. The summed E-state index contributed by atoms with van der Waals surface area (Å²) >= 11 is 0. The Labute approximate surface area is 141 Å². The molecule has 0 N–H and O–H groups in total. The zero-order valence-electron chi connectivity index (χ0n) is 14.2. The van der Waals surface area contributed by atoms with Crippen molar-refractivity contribution in [2.75, 3.05) is 27.9 Å². The second kappa shape index (κ2) is 7.38. The van der Waals surface area contributed by atoms with Crippen molar-refractivity contribution in [3.63, 3.8) is 0 Å². The Morgan fingerprint density at radius 3 is 2.38 bits per heavy atom. The van der Waals surface area contributed by atoms with E-state index in [0.717, 1.165) is 0 Å². The third kappa shape index (κ3) is 2.72. The summed E-state index contributed by atoms with van der Waals surface area (Å²) in [6, 6.07) is 3.33. The maximum absolute atomic E-state index is 12.8. The van der Waals surface area contributed by atoms with Gasteiger partial charge in [-0.05, 0) is 25.0 Å². The summed E-state index contributed by atoms with van der Waals surface area (Å²) < 4.78 is 21.4. The average Bonchev–Trinajstić information content (AvgIpc) is 3.00. The number of ketones is 1. The van der Waals surface area contributed by atoms with Crippen molar-refractivity contribution in [2.45, 2.75) is 24.7 Å². The summed E-state index contributed by atoms with van der Waals surface area (Å²) in [5, 5.41) is 0. The van der Waals surface area contributed by atoms with Crippen LogP contribution in [0.3, 0.4) is 0 Å². The minimum absolute atomic E-state index is 0.0302. The quantitative estimate of drug-likeness (QED) is 0.433. The zero-order valence-corrected chi connectivity index (χ0v) is 14.2. The molecule has 0 bridgehead atoms. The lowest BCUT2D eigenvalue weighted by molar-refractivity contribution is -0.152. The van der Waals surface area contributed by atoms with Crippen molar-refractivity contribution in [2.24, 2.45) is 0 Å². The smallest absolute Gasteiger partial charge is 0.324 e. The van der Waals surface area contributed by atoms with Gasteiger partial charge < -0.3 is 18.9 Å². The first kappa shape index (κ1) is 17.8. The van der Waals surface area contributed by atoms with Crippen LogP contribution in [0.4, 0.5) is 0 Å². The van der Waals surface area contributed by atoms with Gasteiger partial charge in [0.1, 0.15) is 12.4 Å². The summed E-state index contributed by atoms with van der Waals surface area (Å²) in [5.41, 5.74) is -1.09. The fourth-order valence-electron chi connectivity index (χ4n) is 3.19. The first-order valence-electron chi connectivity index (χ1n) is 7.67. The van der Waals surface area contributed by atoms with Crippen molar-refractivity contribution >= 4 is 11.8 Å². The van der Waals surface area contributed by atoms with Gasteiger partial charge in [-0.2, -0.15) is 0 Å². The third-order valence-electron chi connectivity index (χ3n) is 4.27. The van der Waals surface area contributed by atoms with Gasteiger partial charge in [-0.25, -0.2) is 0 Å². The summed E-state index contributed by atoms with van der Waals surface area (Å²) in [6.07, 6.45) is 2.69. The molecule has 0 amide bonds. The highest BCUT2D eigenvalue weighted by Crippen LogP contribution is 2.50. The van der Waals surface area contributed by atoms with Gasteiger partial charge in [0.15, 0.2) is 22.7 Å². The lowest BCUT2D eigenvalue weighted by Crippen LogP contribution is -2.42. The molecule has 0 saturated heterocycles. The molecule has 1 aromatic rings. The predicted octanol–water partition coefficient (Wildman–Crippen LogP) is 2.43. The molecule has 0 radical (unpaired) electrons. The fourth-order valence-corrected chi connectivity index (χ4v) is 3.19. The molecule has 130 valence electrons. The minimum Gasteiger partial charge on any atom is -0.496 e. The molecule has 1 unspecified atom stereocenters. The number of hydrogen-bond acceptors (Lipinski definition) is 6. The van der Waals surface area contributed by atoms with E-state index in [1.165, 1.54) is 27.4 Å². The van der Waals surface area contributed by atoms with Crippen LogP contribution < -0.4 is 14.2 Å². The molecule has 1 atom stereocenters. The Morgan fingerprint density at radius 1 is 1.21 bits per heavy atom. The highest BCUT2D eigenvalue weighted by atomic mass is 16.5. The maximum Gasteiger partial charge on any atom is 0.324 e. The van der Waals surface area contributed by atoms with Crippen molar-refractivity contribution in [1.82, 2.24) is 0 Å². The molecular formula is C18H22O6. The van der Waals surface area contributed by atoms with Gasteiger partial charge in [0.05, 0.1) is 26.9 Å². The van der Waals surface area contributed by atoms with Crippen LogP contribution in [0.25, 0.3) is 0 Å². The van der Waals surface area contributed by atoms with Crippen LogP contribution in [0, 0.1) is 0 Å². The molecule has 2 rings (SSSR count). The van der Waals surface area contributed by atoms with Gasteiger partial charge >= 0.3 is 5.97 Å². The van der Waals surface area contributed by atoms with Crippen molar-refractivity contribution in [3.8, 4) is 17.2 Å². The van der Waals surface area contributed by atoms with E-state index >= 15 is 0 Å². The van der Waals surface area contributed by atoms with Gasteiger partial charge in [-0.3, -0.25) is 9.59 Å². The molecule has 1 saturated carbocycles. The fraction of sp³-hybridized carbons (Fsp3) is 0.444. The Hall–Kier alpha value is -2.50. The van der Waals surface area contributed by atoms with Gasteiger partial charge in [-0.1, -0.05) is 12.7 Å². The van der Waals surface area contributed by atoms with E-state index < -0.39 is 11.4 Å². The largest absolute Gasteiger partial charge is 0.496 e. The maximum atomic E-state index is 12.8. The topological polar surface area (TPSA) is 71.1 Å². The molecule has 1 aromatic carbocycles. The molecule has 1 aliphatic carbocycles. The number of Topliss-reactive ketones (excluding diaryl/α,β-unsaturated/α-hetero) is 1. The molecular weight excluding hydrogens is 312 g/mol. The number of hydrogen-bond donors (Lipinski definition) is 0. The highest BCUT2D eigenvalue weighted by molar-refractivity contribution is 6.12. The van der Waals surface area contributed by atoms with E-state index in [1.807, 2.05) is 0 Å². The molecule has 24 heavy (non-hydrogen) atoms. The molecule has 6 nitrogen and oxygen atoms in total. The van der Waals surface area contributed by atoms with E-state index in [2.05, 4.69) is 6.58 Å². The Bertz CT molecular complexity index is 651. The third-order valence-corrected chi connectivity index (χ3v) is 4.27. The van der Waals surface area contributed by atoms with Crippen molar-refractivity contribution in [1.29, 1.82) is 0 Å². The lowest BCUT2D eigenvalue weighted by atomic mass is 9.76. The predicted molar refractivity (Wildman–Crippen MR) is 87.8 cm³/mol. The Balaban J connectivity index is 2.73. The Morgan fingerprint density at radius 2 is 1.88 bits per heavy atom. The summed E-state index contributed by atoms with van der Waals surface area (Å²) in [4.78, 5) is 25.6. The number of ether oxygens (including phenoxy) is 4. The summed E-state index contributed by atoms with van der Waals surface area (Å²) in [6.45, 7) is 3.57. The molecule has 0 heterocycles. The first-order valence-corrected chi connectivity index (χ1v) is 7.67. The van der Waals surface area contributed by atoms with Crippen LogP contribution in [0.2, 0.25) is 0 Å². The van der Waals surface area contributed by atoms with Crippen LogP contribution in [0.1, 0.15) is 24.8 Å². The number of carbonyl (C=O) groups excluding carboxylic acids is 2. The number of carbonyl (C=O) groups is 2. The second-order valence-electron chi connectivity index (χ2n) is 5.45. The van der Waals surface area contributed by atoms with Gasteiger partial charge in [0, 0.05) is 6.42 Å². The minimum atomic E-state index is -1.45. The van der Waals surface area contributed by atoms with Gasteiger partial charge in [0.2, 0.25) is 0 Å². The molecule has 0 aliphatic heterocycles. The van der Waals surface area contributed by atoms with E-state index in [0.29, 0.717) is 42.1 Å². The van der Waals surface area contributed by atoms with Crippen LogP contribution in [-0.2, 0) is 19.7 Å². The highest BCUT2D eigenvalue weighted by Gasteiger charge is 2.55. The van der Waals surface area contributed by atoms with Gasteiger partial charge in [-0.15, -0.1) is 0 Å². The zero-order chi connectivity index (χ0) is 17.7. The number of methoxy groups -OCH3 is 3. The molecule has 0 aromatic heterocycles. The van der Waals surface area contributed by atoms with Crippen LogP contribution in [0.15, 0.2) is 24.8 Å². The van der Waals surface area contributed by atoms with E-state index in [9.17, 15) is 9.59 Å². The van der Waals surface area contributed by atoms with E-state index in [1.54, 1.807) is 12.1 Å². The molecule has 6 heteroatoms. The molecule has 0 spiro atoms. The van der Waals surface area contributed by atoms with Crippen LogP contribution >= 0.6 is 0 Å². The summed E-state index contributed by atoms with van der Waals surface area (Å²) in [7, 11) is 4.43. The van der Waals surface area contributed by atoms with E-state index in [4.69, 9.17) is 18.9 Å². The Kier molecular flexibility index (Phi) is 5.49. The van der Waals surface area contributed by atoms with E-state index in [-0.39, 0.29) is 12.4 Å². The monoisotopic (exact) mass is 334 g/mol. The van der Waals surface area contributed by atoms with Crippen LogP contribution in [-0.4, -0.2) is 39.7 Å². The number of esters is 1. The lowest BCUT2D eigenvalue weighted by Gasteiger charge is -2.29. The van der Waals surface area contributed by atoms with Gasteiger partial charge in [0.25, 0.3) is 0 Å². The molecule has 1 fully saturated rings. The first-order chi connectivity index (χ1) is 11.6. The number of rotatable bonds is 7. The van der Waals surface area contributed by atoms with Crippen molar-refractivity contribution < 1.29 is 28.5 Å². The van der Waals surface area contributed by atoms with Crippen LogP contribution in [0.5, 0.6) is 17.2 Å². The summed E-state index contributed by atoms with van der Waals surface area (Å²) in [5.74, 6) is 0.293. The molecule has 1 aliphatic rings. The standard InChI is InChI=1S/C18H22O6/c1-5-11-24-17(20)18(10-6-7-14(18)19)15-12(21-2)8-9-13(22-3)16(15)23-4/h5,8-9H,1,6-7,10-11H2,2-4H3. The number of benzene rings is 1. The van der Waals surface area contributed by atoms with Crippen molar-refractivity contribution in [3.05, 3.63) is 30.4 Å².